The van der Waals surface area contributed by atoms with Crippen LogP contribution in [0.25, 0.3) is 0 Å². The van der Waals surface area contributed by atoms with Gasteiger partial charge in [-0.3, -0.25) is 9.59 Å². The summed E-state index contributed by atoms with van der Waals surface area (Å²) < 4.78 is 0. The molecule has 1 fully saturated rings. The summed E-state index contributed by atoms with van der Waals surface area (Å²) in [4.78, 5) is 23.8. The third-order valence-electron chi connectivity index (χ3n) is 3.80. The molecule has 4 heteroatoms. The van der Waals surface area contributed by atoms with Gasteiger partial charge in [0.15, 0.2) is 0 Å². The summed E-state index contributed by atoms with van der Waals surface area (Å²) in [6.45, 7) is 3.97. The molecule has 21 heavy (non-hydrogen) atoms. The van der Waals surface area contributed by atoms with E-state index in [1.54, 1.807) is 0 Å². The Labute approximate surface area is 126 Å². The molecule has 0 aliphatic heterocycles. The van der Waals surface area contributed by atoms with Crippen molar-refractivity contribution in [2.75, 3.05) is 5.32 Å². The van der Waals surface area contributed by atoms with E-state index in [2.05, 4.69) is 10.6 Å². The Morgan fingerprint density at radius 3 is 2.24 bits per heavy atom. The molecule has 0 saturated heterocycles. The van der Waals surface area contributed by atoms with Gasteiger partial charge in [-0.2, -0.15) is 0 Å². The number of nitrogens with one attached hydrogen (secondary N) is 2. The predicted molar refractivity (Wildman–Crippen MR) is 84.2 cm³/mol. The van der Waals surface area contributed by atoms with Gasteiger partial charge in [-0.1, -0.05) is 25.3 Å². The molecule has 0 bridgehead atoms. The number of anilines is 1. The van der Waals surface area contributed by atoms with Crippen LogP contribution in [-0.4, -0.2) is 17.9 Å². The number of amides is 2. The van der Waals surface area contributed by atoms with Crippen LogP contribution in [0.3, 0.4) is 0 Å². The maximum atomic E-state index is 11.9. The highest BCUT2D eigenvalue weighted by Crippen LogP contribution is 2.17. The molecule has 1 aliphatic rings. The number of aryl methyl sites for hydroxylation is 2. The summed E-state index contributed by atoms with van der Waals surface area (Å²) in [5, 5.41) is 5.75. The van der Waals surface area contributed by atoms with Crippen LogP contribution in [0.5, 0.6) is 0 Å². The Kier molecular flexibility index (Phi) is 5.37. The molecule has 0 heterocycles. The van der Waals surface area contributed by atoms with Gasteiger partial charge in [-0.15, -0.1) is 0 Å². The van der Waals surface area contributed by atoms with E-state index in [1.165, 1.54) is 19.3 Å². The lowest BCUT2D eigenvalue weighted by Gasteiger charge is -2.22. The summed E-state index contributed by atoms with van der Waals surface area (Å²) in [5.74, 6) is -0.433. The molecule has 0 spiro atoms. The van der Waals surface area contributed by atoms with E-state index in [1.807, 2.05) is 32.0 Å². The Morgan fingerprint density at radius 1 is 1.00 bits per heavy atom. The van der Waals surface area contributed by atoms with Crippen LogP contribution in [0.4, 0.5) is 5.69 Å². The molecule has 0 unspecified atom stereocenters. The molecule has 1 aromatic rings. The van der Waals surface area contributed by atoms with Gasteiger partial charge in [0.05, 0.1) is 0 Å². The van der Waals surface area contributed by atoms with Gasteiger partial charge in [0.25, 0.3) is 0 Å². The van der Waals surface area contributed by atoms with Crippen LogP contribution < -0.4 is 10.6 Å². The molecule has 2 amide bonds. The van der Waals surface area contributed by atoms with Crippen molar-refractivity contribution in [3.05, 3.63) is 29.3 Å². The van der Waals surface area contributed by atoms with E-state index < -0.39 is 0 Å². The topological polar surface area (TPSA) is 58.2 Å². The Morgan fingerprint density at radius 2 is 1.62 bits per heavy atom. The Hall–Kier alpha value is -1.84. The second-order valence-corrected chi connectivity index (χ2v) is 6.00. The standard InChI is InChI=1S/C17H24N2O2/c1-12-8-13(2)10-15(9-12)19-17(21)11-16(20)18-14-6-4-3-5-7-14/h8-10,14H,3-7,11H2,1-2H3,(H,18,20)(H,19,21). The molecular formula is C17H24N2O2. The summed E-state index contributed by atoms with van der Waals surface area (Å²) in [7, 11) is 0. The van der Waals surface area contributed by atoms with E-state index in [-0.39, 0.29) is 24.3 Å². The van der Waals surface area contributed by atoms with Crippen molar-refractivity contribution in [2.45, 2.75) is 58.4 Å². The number of carbonyl (C=O) groups is 2. The average Bonchev–Trinajstić information content (AvgIpc) is 2.37. The lowest BCUT2D eigenvalue weighted by atomic mass is 9.95. The molecule has 114 valence electrons. The molecule has 0 aromatic heterocycles. The highest BCUT2D eigenvalue weighted by molar-refractivity contribution is 6.03. The van der Waals surface area contributed by atoms with Gasteiger partial charge in [-0.25, -0.2) is 0 Å². The zero-order chi connectivity index (χ0) is 15.2. The smallest absolute Gasteiger partial charge is 0.233 e. The Balaban J connectivity index is 1.81. The van der Waals surface area contributed by atoms with Crippen molar-refractivity contribution < 1.29 is 9.59 Å². The molecular weight excluding hydrogens is 264 g/mol. The van der Waals surface area contributed by atoms with Crippen LogP contribution in [0.1, 0.15) is 49.7 Å². The highest BCUT2D eigenvalue weighted by Gasteiger charge is 2.17. The SMILES string of the molecule is Cc1cc(C)cc(NC(=O)CC(=O)NC2CCCCC2)c1. The van der Waals surface area contributed by atoms with E-state index >= 15 is 0 Å². The number of carbonyl (C=O) groups excluding carboxylic acids is 2. The van der Waals surface area contributed by atoms with Gasteiger partial charge in [0.2, 0.25) is 11.8 Å². The van der Waals surface area contributed by atoms with Crippen LogP contribution in [0, 0.1) is 13.8 Å². The molecule has 1 aliphatic carbocycles. The van der Waals surface area contributed by atoms with Crippen molar-refractivity contribution in [3.63, 3.8) is 0 Å². The lowest BCUT2D eigenvalue weighted by molar-refractivity contribution is -0.127. The van der Waals surface area contributed by atoms with E-state index in [9.17, 15) is 9.59 Å². The van der Waals surface area contributed by atoms with Crippen molar-refractivity contribution in [1.29, 1.82) is 0 Å². The highest BCUT2D eigenvalue weighted by atomic mass is 16.2. The van der Waals surface area contributed by atoms with Crippen LogP contribution in [0.15, 0.2) is 18.2 Å². The summed E-state index contributed by atoms with van der Waals surface area (Å²) in [6, 6.07) is 6.11. The number of hydrogen-bond donors (Lipinski definition) is 2. The lowest BCUT2D eigenvalue weighted by Crippen LogP contribution is -2.37. The first-order valence-corrected chi connectivity index (χ1v) is 7.70. The minimum Gasteiger partial charge on any atom is -0.353 e. The zero-order valence-corrected chi connectivity index (χ0v) is 12.9. The van der Waals surface area contributed by atoms with Gasteiger partial charge in [0, 0.05) is 11.7 Å². The van der Waals surface area contributed by atoms with Crippen LogP contribution in [-0.2, 0) is 9.59 Å². The molecule has 1 saturated carbocycles. The molecule has 0 atom stereocenters. The fourth-order valence-electron chi connectivity index (χ4n) is 2.92. The molecule has 4 nitrogen and oxygen atoms in total. The van der Waals surface area contributed by atoms with Crippen molar-refractivity contribution >= 4 is 17.5 Å². The van der Waals surface area contributed by atoms with Crippen molar-refractivity contribution in [1.82, 2.24) is 5.32 Å². The first-order chi connectivity index (χ1) is 10.0. The maximum Gasteiger partial charge on any atom is 0.233 e. The van der Waals surface area contributed by atoms with Crippen LogP contribution in [0.2, 0.25) is 0 Å². The summed E-state index contributed by atoms with van der Waals surface area (Å²) in [6.07, 6.45) is 5.54. The van der Waals surface area contributed by atoms with Crippen molar-refractivity contribution in [2.24, 2.45) is 0 Å². The van der Waals surface area contributed by atoms with E-state index in [0.29, 0.717) is 0 Å². The average molecular weight is 288 g/mol. The first-order valence-electron chi connectivity index (χ1n) is 7.70. The fourth-order valence-corrected chi connectivity index (χ4v) is 2.92. The molecule has 2 rings (SSSR count). The molecule has 1 aromatic carbocycles. The second kappa shape index (κ2) is 7.25. The van der Waals surface area contributed by atoms with Gasteiger partial charge < -0.3 is 10.6 Å². The molecule has 0 radical (unpaired) electrons. The minimum atomic E-state index is -0.256. The quantitative estimate of drug-likeness (QED) is 0.836. The predicted octanol–water partition coefficient (Wildman–Crippen LogP) is 3.08. The third kappa shape index (κ3) is 5.21. The fraction of sp³-hybridized carbons (Fsp3) is 0.529. The zero-order valence-electron chi connectivity index (χ0n) is 12.9. The second-order valence-electron chi connectivity index (χ2n) is 6.00. The largest absolute Gasteiger partial charge is 0.353 e. The maximum absolute atomic E-state index is 11.9. The summed E-state index contributed by atoms with van der Waals surface area (Å²) >= 11 is 0. The van der Waals surface area contributed by atoms with Gasteiger partial charge >= 0.3 is 0 Å². The molecule has 2 N–H and O–H groups in total. The van der Waals surface area contributed by atoms with E-state index in [4.69, 9.17) is 0 Å². The van der Waals surface area contributed by atoms with E-state index in [0.717, 1.165) is 29.7 Å². The van der Waals surface area contributed by atoms with Gasteiger partial charge in [-0.05, 0) is 49.9 Å². The third-order valence-corrected chi connectivity index (χ3v) is 3.80. The Bertz CT molecular complexity index is 499. The van der Waals surface area contributed by atoms with Crippen molar-refractivity contribution in [3.8, 4) is 0 Å². The minimum absolute atomic E-state index is 0.108. The first kappa shape index (κ1) is 15.5. The number of rotatable bonds is 4. The normalized spacial score (nSPS) is 15.5. The number of benzene rings is 1. The number of hydrogen-bond acceptors (Lipinski definition) is 2. The monoisotopic (exact) mass is 288 g/mol. The summed E-state index contributed by atoms with van der Waals surface area (Å²) in [5.41, 5.74) is 2.94. The van der Waals surface area contributed by atoms with Crippen LogP contribution >= 0.6 is 0 Å². The van der Waals surface area contributed by atoms with Gasteiger partial charge in [0.1, 0.15) is 6.42 Å².